The molecule has 1 nitrogen and oxygen atoms in total. The summed E-state index contributed by atoms with van der Waals surface area (Å²) < 4.78 is 5.44. The maximum Gasteiger partial charge on any atom is 0.0468 e. The van der Waals surface area contributed by atoms with E-state index in [2.05, 4.69) is 45.0 Å². The van der Waals surface area contributed by atoms with Gasteiger partial charge >= 0.3 is 0 Å². The molecule has 1 aromatic rings. The second kappa shape index (κ2) is 7.09. The quantitative estimate of drug-likeness (QED) is 0.738. The Balaban J connectivity index is 1.82. The smallest absolute Gasteiger partial charge is 0.0468 e. The number of hydrogen-bond acceptors (Lipinski definition) is 1. The number of benzene rings is 1. The Hall–Kier alpha value is -0.820. The normalized spacial score (nSPS) is 18.7. The first-order chi connectivity index (χ1) is 9.15. The van der Waals surface area contributed by atoms with Crippen LogP contribution in [0.15, 0.2) is 24.3 Å². The van der Waals surface area contributed by atoms with Crippen molar-refractivity contribution in [2.45, 2.75) is 52.4 Å². The van der Waals surface area contributed by atoms with Crippen molar-refractivity contribution in [2.75, 3.05) is 13.2 Å². The highest BCUT2D eigenvalue weighted by atomic mass is 16.5. The van der Waals surface area contributed by atoms with Gasteiger partial charge in [-0.05, 0) is 54.6 Å². The van der Waals surface area contributed by atoms with E-state index in [0.717, 1.165) is 25.0 Å². The Morgan fingerprint density at radius 2 is 1.68 bits per heavy atom. The van der Waals surface area contributed by atoms with E-state index >= 15 is 0 Å². The standard InChI is InChI=1S/C18H28O/c1-14(2)18-6-4-16(5-7-18)12-15(3)13-17-8-10-19-11-9-17/h4-7,14-15,17H,8-13H2,1-3H3. The van der Waals surface area contributed by atoms with Gasteiger partial charge in [-0.2, -0.15) is 0 Å². The van der Waals surface area contributed by atoms with Gasteiger partial charge in [-0.15, -0.1) is 0 Å². The monoisotopic (exact) mass is 260 g/mol. The molecule has 1 aliphatic rings. The van der Waals surface area contributed by atoms with Gasteiger partial charge in [0, 0.05) is 13.2 Å². The van der Waals surface area contributed by atoms with Crippen LogP contribution in [0.4, 0.5) is 0 Å². The Kier molecular flexibility index (Phi) is 5.45. The molecular weight excluding hydrogens is 232 g/mol. The minimum absolute atomic E-state index is 0.633. The maximum atomic E-state index is 5.44. The van der Waals surface area contributed by atoms with Crippen LogP contribution in [0.25, 0.3) is 0 Å². The van der Waals surface area contributed by atoms with Crippen LogP contribution < -0.4 is 0 Å². The van der Waals surface area contributed by atoms with Crippen LogP contribution in [-0.2, 0) is 11.2 Å². The molecule has 1 aliphatic heterocycles. The molecule has 0 aliphatic carbocycles. The minimum atomic E-state index is 0.633. The van der Waals surface area contributed by atoms with E-state index in [1.54, 1.807) is 0 Å². The molecular formula is C18H28O. The van der Waals surface area contributed by atoms with Crippen LogP contribution in [0.5, 0.6) is 0 Å². The maximum absolute atomic E-state index is 5.44. The van der Waals surface area contributed by atoms with Crippen molar-refractivity contribution in [3.63, 3.8) is 0 Å². The first-order valence-corrected chi connectivity index (χ1v) is 7.81. The van der Waals surface area contributed by atoms with Gasteiger partial charge in [-0.1, -0.05) is 45.0 Å². The second-order valence-corrected chi connectivity index (χ2v) is 6.50. The van der Waals surface area contributed by atoms with Crippen LogP contribution in [-0.4, -0.2) is 13.2 Å². The molecule has 1 heteroatoms. The molecule has 19 heavy (non-hydrogen) atoms. The molecule has 2 rings (SSSR count). The lowest BCUT2D eigenvalue weighted by molar-refractivity contribution is 0.0594. The Bertz CT molecular complexity index is 360. The SMILES string of the molecule is CC(Cc1ccc(C(C)C)cc1)CC1CCOCC1. The van der Waals surface area contributed by atoms with Crippen molar-refractivity contribution in [3.05, 3.63) is 35.4 Å². The molecule has 1 aromatic carbocycles. The van der Waals surface area contributed by atoms with E-state index in [-0.39, 0.29) is 0 Å². The van der Waals surface area contributed by atoms with Gasteiger partial charge in [0.15, 0.2) is 0 Å². The average Bonchev–Trinajstić information content (AvgIpc) is 2.40. The van der Waals surface area contributed by atoms with Crippen LogP contribution >= 0.6 is 0 Å². The molecule has 0 N–H and O–H groups in total. The van der Waals surface area contributed by atoms with Crippen LogP contribution in [0.2, 0.25) is 0 Å². The lowest BCUT2D eigenvalue weighted by Gasteiger charge is -2.25. The molecule has 1 atom stereocenters. The molecule has 1 heterocycles. The summed E-state index contributed by atoms with van der Waals surface area (Å²) in [5.41, 5.74) is 2.93. The summed E-state index contributed by atoms with van der Waals surface area (Å²) in [5, 5.41) is 0. The number of rotatable bonds is 5. The van der Waals surface area contributed by atoms with Crippen LogP contribution in [0.3, 0.4) is 0 Å². The molecule has 106 valence electrons. The highest BCUT2D eigenvalue weighted by Gasteiger charge is 2.17. The zero-order valence-electron chi connectivity index (χ0n) is 12.7. The summed E-state index contributed by atoms with van der Waals surface area (Å²) in [6.45, 7) is 8.85. The van der Waals surface area contributed by atoms with E-state index in [1.807, 2.05) is 0 Å². The van der Waals surface area contributed by atoms with Gasteiger partial charge in [-0.3, -0.25) is 0 Å². The van der Waals surface area contributed by atoms with E-state index in [0.29, 0.717) is 5.92 Å². The summed E-state index contributed by atoms with van der Waals surface area (Å²) in [6, 6.07) is 9.22. The molecule has 0 radical (unpaired) electrons. The van der Waals surface area contributed by atoms with Gasteiger partial charge in [-0.25, -0.2) is 0 Å². The van der Waals surface area contributed by atoms with Gasteiger partial charge < -0.3 is 4.74 Å². The van der Waals surface area contributed by atoms with Crippen molar-refractivity contribution in [1.82, 2.24) is 0 Å². The van der Waals surface area contributed by atoms with E-state index in [1.165, 1.54) is 36.8 Å². The van der Waals surface area contributed by atoms with Crippen molar-refractivity contribution in [3.8, 4) is 0 Å². The lowest BCUT2D eigenvalue weighted by Crippen LogP contribution is -2.18. The van der Waals surface area contributed by atoms with E-state index in [4.69, 9.17) is 4.74 Å². The highest BCUT2D eigenvalue weighted by molar-refractivity contribution is 5.24. The van der Waals surface area contributed by atoms with Crippen molar-refractivity contribution in [1.29, 1.82) is 0 Å². The van der Waals surface area contributed by atoms with Crippen LogP contribution in [0.1, 0.15) is 57.1 Å². The largest absolute Gasteiger partial charge is 0.381 e. The third kappa shape index (κ3) is 4.65. The van der Waals surface area contributed by atoms with Gasteiger partial charge in [0.1, 0.15) is 0 Å². The lowest BCUT2D eigenvalue weighted by atomic mass is 9.86. The number of ether oxygens (including phenoxy) is 1. The predicted molar refractivity (Wildman–Crippen MR) is 81.6 cm³/mol. The third-order valence-electron chi connectivity index (χ3n) is 4.31. The Morgan fingerprint density at radius 1 is 1.05 bits per heavy atom. The fourth-order valence-electron chi connectivity index (χ4n) is 3.08. The first kappa shape index (κ1) is 14.6. The zero-order chi connectivity index (χ0) is 13.7. The van der Waals surface area contributed by atoms with Crippen molar-refractivity contribution >= 4 is 0 Å². The minimum Gasteiger partial charge on any atom is -0.381 e. The first-order valence-electron chi connectivity index (χ1n) is 7.81. The van der Waals surface area contributed by atoms with Gasteiger partial charge in [0.05, 0.1) is 0 Å². The summed E-state index contributed by atoms with van der Waals surface area (Å²) in [6.07, 6.45) is 5.10. The Labute approximate surface area is 118 Å². The summed E-state index contributed by atoms with van der Waals surface area (Å²) in [5.74, 6) is 2.31. The average molecular weight is 260 g/mol. The third-order valence-corrected chi connectivity index (χ3v) is 4.31. The van der Waals surface area contributed by atoms with Crippen molar-refractivity contribution in [2.24, 2.45) is 11.8 Å². The summed E-state index contributed by atoms with van der Waals surface area (Å²) in [4.78, 5) is 0. The second-order valence-electron chi connectivity index (χ2n) is 6.50. The molecule has 0 spiro atoms. The molecule has 0 aromatic heterocycles. The summed E-state index contributed by atoms with van der Waals surface area (Å²) >= 11 is 0. The predicted octanol–water partition coefficient (Wildman–Crippen LogP) is 4.81. The molecule has 0 saturated carbocycles. The fourth-order valence-corrected chi connectivity index (χ4v) is 3.08. The molecule has 0 amide bonds. The Morgan fingerprint density at radius 3 is 2.26 bits per heavy atom. The fraction of sp³-hybridized carbons (Fsp3) is 0.667. The molecule has 1 fully saturated rings. The molecule has 1 unspecified atom stereocenters. The molecule has 1 saturated heterocycles. The van der Waals surface area contributed by atoms with E-state index < -0.39 is 0 Å². The van der Waals surface area contributed by atoms with Gasteiger partial charge in [0.25, 0.3) is 0 Å². The zero-order valence-corrected chi connectivity index (χ0v) is 12.7. The molecule has 0 bridgehead atoms. The van der Waals surface area contributed by atoms with Crippen LogP contribution in [0, 0.1) is 11.8 Å². The number of hydrogen-bond donors (Lipinski definition) is 0. The van der Waals surface area contributed by atoms with E-state index in [9.17, 15) is 0 Å². The summed E-state index contributed by atoms with van der Waals surface area (Å²) in [7, 11) is 0. The van der Waals surface area contributed by atoms with Crippen molar-refractivity contribution < 1.29 is 4.74 Å². The highest BCUT2D eigenvalue weighted by Crippen LogP contribution is 2.25. The topological polar surface area (TPSA) is 9.23 Å². The van der Waals surface area contributed by atoms with Gasteiger partial charge in [0.2, 0.25) is 0 Å².